The monoisotopic (exact) mass is 218 g/mol. The van der Waals surface area contributed by atoms with Crippen molar-refractivity contribution in [2.75, 3.05) is 6.61 Å². The molecule has 0 fully saturated rings. The van der Waals surface area contributed by atoms with Crippen LogP contribution in [0.2, 0.25) is 5.02 Å². The summed E-state index contributed by atoms with van der Waals surface area (Å²) in [6.07, 6.45) is 0. The van der Waals surface area contributed by atoms with Gasteiger partial charge in [0.2, 0.25) is 0 Å². The van der Waals surface area contributed by atoms with Gasteiger partial charge < -0.3 is 9.84 Å². The van der Waals surface area contributed by atoms with Crippen LogP contribution >= 0.6 is 11.6 Å². The smallest absolute Gasteiger partial charge is 0.338 e. The fourth-order valence-corrected chi connectivity index (χ4v) is 1.18. The van der Waals surface area contributed by atoms with Crippen molar-refractivity contribution in [1.29, 1.82) is 0 Å². The van der Waals surface area contributed by atoms with Gasteiger partial charge in [-0.3, -0.25) is 0 Å². The van der Waals surface area contributed by atoms with Gasteiger partial charge in [-0.05, 0) is 13.0 Å². The molecule has 0 spiro atoms. The molecule has 0 saturated heterocycles. The molecule has 14 heavy (non-hydrogen) atoms. The normalized spacial score (nSPS) is 9.93. The second kappa shape index (κ2) is 4.28. The maximum atomic E-state index is 13.1. The molecule has 0 aromatic heterocycles. The molecule has 0 heterocycles. The molecule has 0 aliphatic rings. The Hall–Kier alpha value is -1.29. The summed E-state index contributed by atoms with van der Waals surface area (Å²) in [5.74, 6) is -2.06. The number of hydrogen-bond donors (Lipinski definition) is 1. The quantitative estimate of drug-likeness (QED) is 0.848. The van der Waals surface area contributed by atoms with Crippen molar-refractivity contribution in [2.45, 2.75) is 6.92 Å². The lowest BCUT2D eigenvalue weighted by molar-refractivity contribution is 0.0692. The molecular weight excluding hydrogens is 211 g/mol. The van der Waals surface area contributed by atoms with Crippen molar-refractivity contribution < 1.29 is 19.0 Å². The number of halogens is 2. The van der Waals surface area contributed by atoms with Gasteiger partial charge in [-0.25, -0.2) is 9.18 Å². The molecule has 1 N–H and O–H groups in total. The van der Waals surface area contributed by atoms with Crippen LogP contribution in [0.4, 0.5) is 4.39 Å². The van der Waals surface area contributed by atoms with Crippen LogP contribution in [-0.4, -0.2) is 17.7 Å². The highest BCUT2D eigenvalue weighted by Crippen LogP contribution is 2.27. The molecule has 0 saturated carbocycles. The van der Waals surface area contributed by atoms with E-state index >= 15 is 0 Å². The number of ether oxygens (including phenoxy) is 1. The highest BCUT2D eigenvalue weighted by Gasteiger charge is 2.14. The highest BCUT2D eigenvalue weighted by atomic mass is 35.5. The molecule has 3 nitrogen and oxygen atoms in total. The first-order chi connectivity index (χ1) is 6.56. The Labute approximate surface area is 85.1 Å². The largest absolute Gasteiger partial charge is 0.492 e. The molecule has 76 valence electrons. The number of rotatable bonds is 3. The van der Waals surface area contributed by atoms with Crippen LogP contribution < -0.4 is 4.74 Å². The molecule has 1 aromatic rings. The molecule has 0 aliphatic carbocycles. The van der Waals surface area contributed by atoms with Crippen molar-refractivity contribution in [1.82, 2.24) is 0 Å². The van der Waals surface area contributed by atoms with Gasteiger partial charge in [-0.15, -0.1) is 0 Å². The fraction of sp³-hybridized carbons (Fsp3) is 0.222. The SMILES string of the molecule is CCOc1cc(F)c(C(=O)O)cc1Cl. The first kappa shape index (κ1) is 10.8. The summed E-state index contributed by atoms with van der Waals surface area (Å²) in [4.78, 5) is 10.5. The van der Waals surface area contributed by atoms with E-state index in [1.165, 1.54) is 0 Å². The van der Waals surface area contributed by atoms with Crippen LogP contribution in [0.3, 0.4) is 0 Å². The average Bonchev–Trinajstić information content (AvgIpc) is 2.10. The highest BCUT2D eigenvalue weighted by molar-refractivity contribution is 6.32. The number of carboxylic acid groups (broad SMARTS) is 1. The van der Waals surface area contributed by atoms with Crippen molar-refractivity contribution in [2.24, 2.45) is 0 Å². The summed E-state index contributed by atoms with van der Waals surface area (Å²) in [6.45, 7) is 2.06. The maximum Gasteiger partial charge on any atom is 0.338 e. The lowest BCUT2D eigenvalue weighted by atomic mass is 10.2. The van der Waals surface area contributed by atoms with Gasteiger partial charge in [0.05, 0.1) is 17.2 Å². The molecular formula is C9H8ClFO3. The zero-order chi connectivity index (χ0) is 10.7. The first-order valence-corrected chi connectivity index (χ1v) is 4.29. The minimum Gasteiger partial charge on any atom is -0.492 e. The fourth-order valence-electron chi connectivity index (χ4n) is 0.959. The molecule has 0 atom stereocenters. The number of carbonyl (C=O) groups is 1. The zero-order valence-corrected chi connectivity index (χ0v) is 8.14. The lowest BCUT2D eigenvalue weighted by Crippen LogP contribution is -2.02. The van der Waals surface area contributed by atoms with E-state index in [-0.39, 0.29) is 10.8 Å². The van der Waals surface area contributed by atoms with Crippen LogP contribution in [0.5, 0.6) is 5.75 Å². The van der Waals surface area contributed by atoms with E-state index in [0.717, 1.165) is 12.1 Å². The molecule has 0 aliphatic heterocycles. The minimum atomic E-state index is -1.35. The summed E-state index contributed by atoms with van der Waals surface area (Å²) < 4.78 is 18.1. The number of benzene rings is 1. The summed E-state index contributed by atoms with van der Waals surface area (Å²) in [6, 6.07) is 2.00. The first-order valence-electron chi connectivity index (χ1n) is 3.91. The Bertz CT molecular complexity index is 365. The van der Waals surface area contributed by atoms with E-state index in [2.05, 4.69) is 0 Å². The van der Waals surface area contributed by atoms with Crippen molar-refractivity contribution in [3.8, 4) is 5.75 Å². The van der Waals surface area contributed by atoms with Gasteiger partial charge in [-0.2, -0.15) is 0 Å². The Kier molecular flexibility index (Phi) is 3.30. The summed E-state index contributed by atoms with van der Waals surface area (Å²) in [5, 5.41) is 8.66. The minimum absolute atomic E-state index is 0.0886. The Morgan fingerprint density at radius 2 is 2.29 bits per heavy atom. The summed E-state index contributed by atoms with van der Waals surface area (Å²) >= 11 is 5.67. The van der Waals surface area contributed by atoms with Crippen LogP contribution in [0.25, 0.3) is 0 Å². The molecule has 1 rings (SSSR count). The van der Waals surface area contributed by atoms with Gasteiger partial charge in [0.1, 0.15) is 11.6 Å². The number of carboxylic acids is 1. The van der Waals surface area contributed by atoms with Gasteiger partial charge in [-0.1, -0.05) is 11.6 Å². The van der Waals surface area contributed by atoms with E-state index in [1.807, 2.05) is 0 Å². The molecule has 0 unspecified atom stereocenters. The predicted molar refractivity (Wildman–Crippen MR) is 49.5 cm³/mol. The molecule has 1 aromatic carbocycles. The lowest BCUT2D eigenvalue weighted by Gasteiger charge is -2.06. The van der Waals surface area contributed by atoms with Crippen LogP contribution in [-0.2, 0) is 0 Å². The second-order valence-corrected chi connectivity index (χ2v) is 2.91. The standard InChI is InChI=1S/C9H8ClFO3/c1-2-14-8-4-7(11)5(9(12)13)3-6(8)10/h3-4H,2H2,1H3,(H,12,13). The third-order valence-corrected chi connectivity index (χ3v) is 1.85. The average molecular weight is 219 g/mol. The predicted octanol–water partition coefficient (Wildman–Crippen LogP) is 2.58. The Morgan fingerprint density at radius 3 is 2.79 bits per heavy atom. The van der Waals surface area contributed by atoms with E-state index in [0.29, 0.717) is 6.61 Å². The van der Waals surface area contributed by atoms with Gasteiger partial charge in [0.25, 0.3) is 0 Å². The van der Waals surface area contributed by atoms with E-state index in [1.54, 1.807) is 6.92 Å². The summed E-state index contributed by atoms with van der Waals surface area (Å²) in [5.41, 5.74) is -0.460. The summed E-state index contributed by atoms with van der Waals surface area (Å²) in [7, 11) is 0. The van der Waals surface area contributed by atoms with Crippen LogP contribution in [0.1, 0.15) is 17.3 Å². The molecule has 0 radical (unpaired) electrons. The molecule has 0 amide bonds. The topological polar surface area (TPSA) is 46.5 Å². The molecule has 5 heteroatoms. The van der Waals surface area contributed by atoms with E-state index in [9.17, 15) is 9.18 Å². The van der Waals surface area contributed by atoms with Crippen LogP contribution in [0, 0.1) is 5.82 Å². The van der Waals surface area contributed by atoms with Gasteiger partial charge in [0, 0.05) is 6.07 Å². The second-order valence-electron chi connectivity index (χ2n) is 2.50. The van der Waals surface area contributed by atoms with Crippen molar-refractivity contribution in [3.05, 3.63) is 28.5 Å². The van der Waals surface area contributed by atoms with E-state index < -0.39 is 17.3 Å². The third-order valence-electron chi connectivity index (χ3n) is 1.55. The van der Waals surface area contributed by atoms with E-state index in [4.69, 9.17) is 21.4 Å². The number of hydrogen-bond acceptors (Lipinski definition) is 2. The van der Waals surface area contributed by atoms with Gasteiger partial charge in [0.15, 0.2) is 0 Å². The Morgan fingerprint density at radius 1 is 1.64 bits per heavy atom. The number of aromatic carboxylic acids is 1. The van der Waals surface area contributed by atoms with Crippen molar-refractivity contribution in [3.63, 3.8) is 0 Å². The van der Waals surface area contributed by atoms with Crippen molar-refractivity contribution >= 4 is 17.6 Å². The third kappa shape index (κ3) is 2.14. The Balaban J connectivity index is 3.17. The zero-order valence-electron chi connectivity index (χ0n) is 7.38. The maximum absolute atomic E-state index is 13.1. The van der Waals surface area contributed by atoms with Crippen LogP contribution in [0.15, 0.2) is 12.1 Å². The van der Waals surface area contributed by atoms with Gasteiger partial charge >= 0.3 is 5.97 Å². The molecule has 0 bridgehead atoms.